The van der Waals surface area contributed by atoms with Crippen LogP contribution in [0.4, 0.5) is 0 Å². The molecule has 3 aromatic rings. The number of fused-ring (bicyclic) bond motifs is 1. The Morgan fingerprint density at radius 2 is 2.08 bits per heavy atom. The molecule has 0 unspecified atom stereocenters. The molecule has 0 saturated heterocycles. The molecule has 124 valence electrons. The van der Waals surface area contributed by atoms with Gasteiger partial charge in [-0.05, 0) is 41.9 Å². The minimum Gasteiger partial charge on any atom is -0.460 e. The zero-order chi connectivity index (χ0) is 17.3. The van der Waals surface area contributed by atoms with E-state index >= 15 is 0 Å². The maximum Gasteiger partial charge on any atom is 0.293 e. The molecule has 0 saturated carbocycles. The fourth-order valence-electron chi connectivity index (χ4n) is 2.79. The molecule has 1 aromatic carbocycles. The van der Waals surface area contributed by atoms with Gasteiger partial charge in [-0.3, -0.25) is 4.79 Å². The summed E-state index contributed by atoms with van der Waals surface area (Å²) in [5.41, 5.74) is 2.37. The second kappa shape index (κ2) is 6.57. The summed E-state index contributed by atoms with van der Waals surface area (Å²) < 4.78 is 8.00. The predicted molar refractivity (Wildman–Crippen MR) is 99.1 cm³/mol. The van der Waals surface area contributed by atoms with Gasteiger partial charge in [-0.1, -0.05) is 29.8 Å². The van der Waals surface area contributed by atoms with E-state index in [4.69, 9.17) is 16.3 Å². The van der Waals surface area contributed by atoms with Crippen LogP contribution in [0.15, 0.2) is 47.3 Å². The number of halogens is 2. The molecule has 2 heterocycles. The number of pyridine rings is 1. The minimum atomic E-state index is -0.608. The molecular formula is C18H16BrClN2O2. The summed E-state index contributed by atoms with van der Waals surface area (Å²) in [5.74, 6) is 0. The largest absolute Gasteiger partial charge is 0.460 e. The maximum absolute atomic E-state index is 10.7. The number of hydrogen-bond donors (Lipinski definition) is 0. The molecule has 0 spiro atoms. The highest BCUT2D eigenvalue weighted by Crippen LogP contribution is 2.36. The van der Waals surface area contributed by atoms with Crippen molar-refractivity contribution in [3.05, 3.63) is 52.4 Å². The number of hydrogen-bond acceptors (Lipinski definition) is 3. The van der Waals surface area contributed by atoms with Gasteiger partial charge >= 0.3 is 0 Å². The fourth-order valence-corrected chi connectivity index (χ4v) is 3.33. The highest BCUT2D eigenvalue weighted by Gasteiger charge is 2.22. The predicted octanol–water partition coefficient (Wildman–Crippen LogP) is 5.07. The molecule has 0 radical (unpaired) electrons. The second-order valence-electron chi connectivity index (χ2n) is 6.15. The van der Waals surface area contributed by atoms with Gasteiger partial charge in [0.25, 0.3) is 6.47 Å². The molecular weight excluding hydrogens is 392 g/mol. The third kappa shape index (κ3) is 3.32. The van der Waals surface area contributed by atoms with Gasteiger partial charge in [0.1, 0.15) is 10.2 Å². The summed E-state index contributed by atoms with van der Waals surface area (Å²) in [6.07, 6.45) is 3.67. The van der Waals surface area contributed by atoms with Crippen molar-refractivity contribution in [2.45, 2.75) is 26.0 Å². The van der Waals surface area contributed by atoms with E-state index in [0.717, 1.165) is 26.6 Å². The Morgan fingerprint density at radius 3 is 2.83 bits per heavy atom. The van der Waals surface area contributed by atoms with Crippen LogP contribution in [-0.2, 0) is 16.1 Å². The van der Waals surface area contributed by atoms with Gasteiger partial charge in [0, 0.05) is 34.4 Å². The van der Waals surface area contributed by atoms with Crippen LogP contribution in [0.3, 0.4) is 0 Å². The van der Waals surface area contributed by atoms with Crippen molar-refractivity contribution in [3.8, 4) is 11.1 Å². The lowest BCUT2D eigenvalue weighted by Gasteiger charge is -2.23. The quantitative estimate of drug-likeness (QED) is 0.438. The molecule has 0 aliphatic carbocycles. The number of ether oxygens (including phenoxy) is 1. The number of rotatable bonds is 5. The molecule has 0 amide bonds. The molecule has 6 heteroatoms. The molecule has 3 rings (SSSR count). The van der Waals surface area contributed by atoms with E-state index in [2.05, 4.69) is 31.5 Å². The molecule has 0 aliphatic heterocycles. The SMILES string of the molecule is CC(C)(Cn1cc(-c2cc(Br)ncc2Cl)c2ccccc21)OC=O. The topological polar surface area (TPSA) is 44.1 Å². The zero-order valence-corrected chi connectivity index (χ0v) is 15.6. The number of benzene rings is 1. The average Bonchev–Trinajstić information content (AvgIpc) is 2.88. The van der Waals surface area contributed by atoms with Crippen LogP contribution in [0, 0.1) is 0 Å². The summed E-state index contributed by atoms with van der Waals surface area (Å²) in [4.78, 5) is 14.9. The summed E-state index contributed by atoms with van der Waals surface area (Å²) in [5, 5.41) is 1.67. The third-order valence-corrected chi connectivity index (χ3v) is 4.55. The first-order chi connectivity index (χ1) is 11.4. The molecule has 0 bridgehead atoms. The average molecular weight is 408 g/mol. The molecule has 0 N–H and O–H groups in total. The number of carbonyl (C=O) groups is 1. The Hall–Kier alpha value is -1.85. The first kappa shape index (κ1) is 17.0. The lowest BCUT2D eigenvalue weighted by atomic mass is 10.1. The van der Waals surface area contributed by atoms with Gasteiger partial charge in [0.15, 0.2) is 0 Å². The van der Waals surface area contributed by atoms with E-state index in [9.17, 15) is 4.79 Å². The van der Waals surface area contributed by atoms with Crippen molar-refractivity contribution < 1.29 is 9.53 Å². The zero-order valence-electron chi connectivity index (χ0n) is 13.3. The van der Waals surface area contributed by atoms with Gasteiger partial charge in [-0.25, -0.2) is 4.98 Å². The Morgan fingerprint density at radius 1 is 1.33 bits per heavy atom. The van der Waals surface area contributed by atoms with Crippen molar-refractivity contribution in [3.63, 3.8) is 0 Å². The van der Waals surface area contributed by atoms with Crippen LogP contribution < -0.4 is 0 Å². The first-order valence-corrected chi connectivity index (χ1v) is 8.59. The lowest BCUT2D eigenvalue weighted by Crippen LogP contribution is -2.29. The van der Waals surface area contributed by atoms with Gasteiger partial charge in [0.2, 0.25) is 0 Å². The molecule has 0 atom stereocenters. The Labute approximate surface area is 153 Å². The minimum absolute atomic E-state index is 0.490. The van der Waals surface area contributed by atoms with E-state index in [1.54, 1.807) is 6.20 Å². The monoisotopic (exact) mass is 406 g/mol. The van der Waals surface area contributed by atoms with Crippen LogP contribution in [0.25, 0.3) is 22.0 Å². The van der Waals surface area contributed by atoms with Crippen molar-refractivity contribution in [1.82, 2.24) is 9.55 Å². The molecule has 0 aliphatic rings. The number of nitrogens with zero attached hydrogens (tertiary/aromatic N) is 2. The normalized spacial score (nSPS) is 11.7. The summed E-state index contributed by atoms with van der Waals surface area (Å²) in [7, 11) is 0. The maximum atomic E-state index is 10.7. The number of carbonyl (C=O) groups excluding carboxylic acids is 1. The summed E-state index contributed by atoms with van der Waals surface area (Å²) >= 11 is 9.76. The first-order valence-electron chi connectivity index (χ1n) is 7.42. The standard InChI is InChI=1S/C18H16BrClN2O2/c1-18(2,24-11-23)10-22-9-14(12-5-3-4-6-16(12)22)13-7-17(19)21-8-15(13)20/h3-9,11H,10H2,1-2H3. The van der Waals surface area contributed by atoms with Crippen molar-refractivity contribution in [2.24, 2.45) is 0 Å². The van der Waals surface area contributed by atoms with Gasteiger partial charge in [-0.2, -0.15) is 0 Å². The molecule has 24 heavy (non-hydrogen) atoms. The van der Waals surface area contributed by atoms with E-state index in [1.165, 1.54) is 0 Å². The highest BCUT2D eigenvalue weighted by molar-refractivity contribution is 9.10. The van der Waals surface area contributed by atoms with Crippen LogP contribution >= 0.6 is 27.5 Å². The molecule has 4 nitrogen and oxygen atoms in total. The number of para-hydroxylation sites is 1. The molecule has 2 aromatic heterocycles. The highest BCUT2D eigenvalue weighted by atomic mass is 79.9. The van der Waals surface area contributed by atoms with Crippen molar-refractivity contribution in [1.29, 1.82) is 0 Å². The van der Waals surface area contributed by atoms with Gasteiger partial charge in [0.05, 0.1) is 11.6 Å². The van der Waals surface area contributed by atoms with Crippen LogP contribution in [-0.4, -0.2) is 21.6 Å². The second-order valence-corrected chi connectivity index (χ2v) is 7.37. The number of aromatic nitrogens is 2. The Bertz CT molecular complexity index is 905. The van der Waals surface area contributed by atoms with E-state index in [0.29, 0.717) is 18.0 Å². The van der Waals surface area contributed by atoms with E-state index in [1.807, 2.05) is 44.3 Å². The lowest BCUT2D eigenvalue weighted by molar-refractivity contribution is -0.141. The van der Waals surface area contributed by atoms with E-state index in [-0.39, 0.29) is 0 Å². The van der Waals surface area contributed by atoms with E-state index < -0.39 is 5.60 Å². The van der Waals surface area contributed by atoms with Crippen molar-refractivity contribution in [2.75, 3.05) is 0 Å². The van der Waals surface area contributed by atoms with Crippen molar-refractivity contribution >= 4 is 44.9 Å². The third-order valence-electron chi connectivity index (χ3n) is 3.82. The van der Waals surface area contributed by atoms with Crippen LogP contribution in [0.5, 0.6) is 0 Å². The summed E-state index contributed by atoms with van der Waals surface area (Å²) in [6, 6.07) is 9.98. The van der Waals surface area contributed by atoms with Crippen LogP contribution in [0.2, 0.25) is 5.02 Å². The van der Waals surface area contributed by atoms with Gasteiger partial charge < -0.3 is 9.30 Å². The smallest absolute Gasteiger partial charge is 0.293 e. The Balaban J connectivity index is 2.17. The summed E-state index contributed by atoms with van der Waals surface area (Å²) in [6.45, 7) is 4.79. The van der Waals surface area contributed by atoms with Crippen LogP contribution in [0.1, 0.15) is 13.8 Å². The van der Waals surface area contributed by atoms with Gasteiger partial charge in [-0.15, -0.1) is 0 Å². The fraction of sp³-hybridized carbons (Fsp3) is 0.222. The Kier molecular flexibility index (Phi) is 4.65. The molecule has 0 fully saturated rings.